The predicted molar refractivity (Wildman–Crippen MR) is 80.8 cm³/mol. The molecule has 0 aromatic rings. The van der Waals surface area contributed by atoms with Gasteiger partial charge < -0.3 is 5.32 Å². The molecular weight excluding hydrogens is 226 g/mol. The van der Waals surface area contributed by atoms with Gasteiger partial charge in [0.15, 0.2) is 0 Å². The minimum Gasteiger partial charge on any atom is -0.313 e. The first kappa shape index (κ1) is 15.4. The van der Waals surface area contributed by atoms with Gasteiger partial charge in [-0.15, -0.1) is 0 Å². The summed E-state index contributed by atoms with van der Waals surface area (Å²) in [5, 5.41) is 4.63. The monoisotopic (exact) mass is 257 g/mol. The summed E-state index contributed by atoms with van der Waals surface area (Å²) in [6, 6.07) is 0.779. The van der Waals surface area contributed by atoms with E-state index in [1.54, 1.807) is 0 Å². The highest BCUT2D eigenvalue weighted by Gasteiger charge is 2.31. The first-order valence-corrected chi connectivity index (χ1v) is 8.58. The summed E-state index contributed by atoms with van der Waals surface area (Å²) >= 11 is 2.21. The molecule has 3 atom stereocenters. The quantitative estimate of drug-likeness (QED) is 0.729. The van der Waals surface area contributed by atoms with Crippen LogP contribution in [0.15, 0.2) is 0 Å². The van der Waals surface area contributed by atoms with E-state index in [0.29, 0.717) is 0 Å². The lowest BCUT2D eigenvalue weighted by Gasteiger charge is -2.38. The molecule has 0 spiro atoms. The van der Waals surface area contributed by atoms with Gasteiger partial charge in [-0.1, -0.05) is 27.7 Å². The standard InChI is InChI=1S/C15H31NS/c1-5-9-16-14-8-7-13(12(3)4)11-15(14)17-10-6-2/h12-16H,5-11H2,1-4H3. The van der Waals surface area contributed by atoms with Crippen molar-refractivity contribution in [2.75, 3.05) is 12.3 Å². The van der Waals surface area contributed by atoms with Crippen LogP contribution in [-0.4, -0.2) is 23.6 Å². The summed E-state index contributed by atoms with van der Waals surface area (Å²) in [4.78, 5) is 0. The molecule has 0 aliphatic heterocycles. The Morgan fingerprint density at radius 2 is 1.94 bits per heavy atom. The Morgan fingerprint density at radius 1 is 1.18 bits per heavy atom. The minimum atomic E-state index is 0.779. The Bertz CT molecular complexity index is 193. The second-order valence-electron chi connectivity index (χ2n) is 5.79. The van der Waals surface area contributed by atoms with E-state index in [1.165, 1.54) is 44.4 Å². The fourth-order valence-corrected chi connectivity index (χ4v) is 4.17. The largest absolute Gasteiger partial charge is 0.313 e. The van der Waals surface area contributed by atoms with Crippen molar-refractivity contribution in [1.29, 1.82) is 0 Å². The molecule has 1 rings (SSSR count). The topological polar surface area (TPSA) is 12.0 Å². The van der Waals surface area contributed by atoms with Gasteiger partial charge in [-0.05, 0) is 56.2 Å². The van der Waals surface area contributed by atoms with Crippen LogP contribution in [0.5, 0.6) is 0 Å². The molecule has 0 heterocycles. The van der Waals surface area contributed by atoms with Gasteiger partial charge in [-0.2, -0.15) is 11.8 Å². The molecule has 1 aliphatic carbocycles. The first-order valence-electron chi connectivity index (χ1n) is 7.54. The molecule has 0 aromatic carbocycles. The van der Waals surface area contributed by atoms with Gasteiger partial charge in [-0.25, -0.2) is 0 Å². The van der Waals surface area contributed by atoms with E-state index < -0.39 is 0 Å². The first-order chi connectivity index (χ1) is 8.19. The Balaban J connectivity index is 2.46. The Morgan fingerprint density at radius 3 is 2.53 bits per heavy atom. The average Bonchev–Trinajstić information content (AvgIpc) is 2.34. The fourth-order valence-electron chi connectivity index (χ4n) is 2.78. The lowest BCUT2D eigenvalue weighted by molar-refractivity contribution is 0.246. The lowest BCUT2D eigenvalue weighted by Crippen LogP contribution is -2.43. The van der Waals surface area contributed by atoms with Crippen LogP contribution in [-0.2, 0) is 0 Å². The molecule has 1 aliphatic rings. The highest BCUT2D eigenvalue weighted by Crippen LogP contribution is 2.36. The number of hydrogen-bond acceptors (Lipinski definition) is 2. The Labute approximate surface area is 113 Å². The summed E-state index contributed by atoms with van der Waals surface area (Å²) in [5.41, 5.74) is 0. The van der Waals surface area contributed by atoms with Gasteiger partial charge in [-0.3, -0.25) is 0 Å². The third-order valence-electron chi connectivity index (χ3n) is 3.97. The molecule has 17 heavy (non-hydrogen) atoms. The maximum Gasteiger partial charge on any atom is 0.0203 e. The molecule has 102 valence electrons. The smallest absolute Gasteiger partial charge is 0.0203 e. The number of nitrogens with one attached hydrogen (secondary N) is 1. The molecule has 1 saturated carbocycles. The predicted octanol–water partition coefficient (Wildman–Crippen LogP) is 4.32. The Hall–Kier alpha value is 0.310. The summed E-state index contributed by atoms with van der Waals surface area (Å²) < 4.78 is 0. The van der Waals surface area contributed by atoms with Crippen molar-refractivity contribution < 1.29 is 0 Å². The van der Waals surface area contributed by atoms with Gasteiger partial charge >= 0.3 is 0 Å². The highest BCUT2D eigenvalue weighted by molar-refractivity contribution is 7.99. The van der Waals surface area contributed by atoms with Crippen molar-refractivity contribution in [3.05, 3.63) is 0 Å². The molecule has 0 amide bonds. The lowest BCUT2D eigenvalue weighted by atomic mass is 9.79. The molecule has 0 bridgehead atoms. The minimum absolute atomic E-state index is 0.779. The van der Waals surface area contributed by atoms with Crippen LogP contribution in [0.2, 0.25) is 0 Å². The molecule has 3 unspecified atom stereocenters. The van der Waals surface area contributed by atoms with E-state index in [0.717, 1.165) is 23.1 Å². The van der Waals surface area contributed by atoms with Crippen LogP contribution in [0.4, 0.5) is 0 Å². The Kier molecular flexibility index (Phi) is 7.61. The van der Waals surface area contributed by atoms with Crippen molar-refractivity contribution in [3.63, 3.8) is 0 Å². The van der Waals surface area contributed by atoms with E-state index in [9.17, 15) is 0 Å². The summed E-state index contributed by atoms with van der Waals surface area (Å²) in [6.45, 7) is 10.5. The summed E-state index contributed by atoms with van der Waals surface area (Å²) in [7, 11) is 0. The second-order valence-corrected chi connectivity index (χ2v) is 7.13. The van der Waals surface area contributed by atoms with Crippen LogP contribution in [0, 0.1) is 11.8 Å². The second kappa shape index (κ2) is 8.42. The zero-order valence-electron chi connectivity index (χ0n) is 12.2. The third-order valence-corrected chi connectivity index (χ3v) is 5.56. The SMILES string of the molecule is CCCNC1CCC(C(C)C)CC1SCCC. The van der Waals surface area contributed by atoms with E-state index in [4.69, 9.17) is 0 Å². The molecule has 2 heteroatoms. The normalized spacial score (nSPS) is 29.8. The van der Waals surface area contributed by atoms with E-state index in [1.807, 2.05) is 0 Å². The van der Waals surface area contributed by atoms with Crippen LogP contribution >= 0.6 is 11.8 Å². The molecule has 0 saturated heterocycles. The summed E-state index contributed by atoms with van der Waals surface area (Å²) in [5.74, 6) is 3.16. The highest BCUT2D eigenvalue weighted by atomic mass is 32.2. The van der Waals surface area contributed by atoms with Gasteiger partial charge in [0.05, 0.1) is 0 Å². The van der Waals surface area contributed by atoms with Crippen LogP contribution in [0.25, 0.3) is 0 Å². The maximum absolute atomic E-state index is 3.77. The van der Waals surface area contributed by atoms with Gasteiger partial charge in [0.1, 0.15) is 0 Å². The van der Waals surface area contributed by atoms with Crippen molar-refractivity contribution in [3.8, 4) is 0 Å². The van der Waals surface area contributed by atoms with E-state index in [2.05, 4.69) is 44.8 Å². The number of rotatable bonds is 7. The van der Waals surface area contributed by atoms with Gasteiger partial charge in [0.25, 0.3) is 0 Å². The third kappa shape index (κ3) is 5.21. The number of hydrogen-bond donors (Lipinski definition) is 1. The van der Waals surface area contributed by atoms with E-state index in [-0.39, 0.29) is 0 Å². The maximum atomic E-state index is 3.77. The van der Waals surface area contributed by atoms with Crippen LogP contribution < -0.4 is 5.32 Å². The van der Waals surface area contributed by atoms with Gasteiger partial charge in [0, 0.05) is 11.3 Å². The van der Waals surface area contributed by atoms with Crippen molar-refractivity contribution >= 4 is 11.8 Å². The average molecular weight is 257 g/mol. The zero-order valence-corrected chi connectivity index (χ0v) is 13.0. The summed E-state index contributed by atoms with van der Waals surface area (Å²) in [6.07, 6.45) is 6.83. The van der Waals surface area contributed by atoms with Crippen LogP contribution in [0.3, 0.4) is 0 Å². The van der Waals surface area contributed by atoms with Crippen molar-refractivity contribution in [1.82, 2.24) is 5.32 Å². The van der Waals surface area contributed by atoms with Crippen molar-refractivity contribution in [2.24, 2.45) is 11.8 Å². The molecular formula is C15H31NS. The van der Waals surface area contributed by atoms with Crippen LogP contribution in [0.1, 0.15) is 59.8 Å². The number of thioether (sulfide) groups is 1. The van der Waals surface area contributed by atoms with Gasteiger partial charge in [0.2, 0.25) is 0 Å². The fraction of sp³-hybridized carbons (Fsp3) is 1.00. The van der Waals surface area contributed by atoms with E-state index >= 15 is 0 Å². The molecule has 1 N–H and O–H groups in total. The molecule has 0 radical (unpaired) electrons. The van der Waals surface area contributed by atoms with Crippen molar-refractivity contribution in [2.45, 2.75) is 71.1 Å². The molecule has 1 nitrogen and oxygen atoms in total. The molecule has 1 fully saturated rings. The zero-order chi connectivity index (χ0) is 12.7. The molecule has 0 aromatic heterocycles.